The van der Waals surface area contributed by atoms with Gasteiger partial charge in [-0.15, -0.1) is 0 Å². The molecule has 1 saturated carbocycles. The lowest BCUT2D eigenvalue weighted by Crippen LogP contribution is -2.55. The Hall–Kier alpha value is -2.10. The summed E-state index contributed by atoms with van der Waals surface area (Å²) < 4.78 is 0. The molecule has 1 heterocycles. The van der Waals surface area contributed by atoms with Gasteiger partial charge in [0.2, 0.25) is 11.8 Å². The molecule has 144 valence electrons. The van der Waals surface area contributed by atoms with Gasteiger partial charge in [0.1, 0.15) is 0 Å². The maximum Gasteiger partial charge on any atom is 0.232 e. The summed E-state index contributed by atoms with van der Waals surface area (Å²) >= 11 is 0. The molecular formula is C23H30N2O2. The lowest BCUT2D eigenvalue weighted by Gasteiger charge is -2.48. The molecule has 1 N–H and O–H groups in total. The Morgan fingerprint density at radius 2 is 1.89 bits per heavy atom. The van der Waals surface area contributed by atoms with Crippen molar-refractivity contribution in [2.45, 2.75) is 77.3 Å². The number of nitrogens with one attached hydrogen (secondary N) is 1. The van der Waals surface area contributed by atoms with E-state index in [1.54, 1.807) is 0 Å². The van der Waals surface area contributed by atoms with Crippen LogP contribution in [0.4, 0.5) is 0 Å². The van der Waals surface area contributed by atoms with E-state index < -0.39 is 5.41 Å². The Bertz CT molecular complexity index is 746. The van der Waals surface area contributed by atoms with E-state index in [1.165, 1.54) is 18.4 Å². The molecule has 1 aromatic carbocycles. The Kier molecular flexibility index (Phi) is 5.07. The van der Waals surface area contributed by atoms with Crippen molar-refractivity contribution in [1.29, 1.82) is 0 Å². The summed E-state index contributed by atoms with van der Waals surface area (Å²) in [6, 6.07) is 8.59. The standard InChI is InChI=1S/C23H30N2O2/c1-17-9-11-18(12-10-17)16-24-22(27)23-14-5-4-8-20(23)25(21(26)13-15-23)19-6-2-3-7-19/h8-12,19H,2-7,13-16H2,1H3,(H,24,27). The molecule has 2 fully saturated rings. The van der Waals surface area contributed by atoms with E-state index in [0.717, 1.165) is 43.4 Å². The zero-order chi connectivity index (χ0) is 18.9. The molecule has 1 saturated heterocycles. The van der Waals surface area contributed by atoms with Crippen molar-refractivity contribution >= 4 is 11.8 Å². The molecule has 4 heteroatoms. The number of rotatable bonds is 4. The molecule has 2 amide bonds. The number of piperidine rings is 1. The first-order valence-electron chi connectivity index (χ1n) is 10.5. The topological polar surface area (TPSA) is 49.4 Å². The minimum atomic E-state index is -0.514. The van der Waals surface area contributed by atoms with Gasteiger partial charge in [0.05, 0.1) is 5.41 Å². The largest absolute Gasteiger partial charge is 0.351 e. The molecule has 27 heavy (non-hydrogen) atoms. The SMILES string of the molecule is Cc1ccc(CNC(=O)C23CCCC=C2N(C2CCCC2)C(=O)CC3)cc1. The maximum absolute atomic E-state index is 13.4. The van der Waals surface area contributed by atoms with E-state index in [-0.39, 0.29) is 11.8 Å². The van der Waals surface area contributed by atoms with Crippen LogP contribution in [0.3, 0.4) is 0 Å². The van der Waals surface area contributed by atoms with E-state index in [2.05, 4.69) is 42.6 Å². The molecule has 3 aliphatic rings. The summed E-state index contributed by atoms with van der Waals surface area (Å²) in [5.41, 5.74) is 2.84. The number of hydrogen-bond acceptors (Lipinski definition) is 2. The molecule has 0 bridgehead atoms. The van der Waals surface area contributed by atoms with E-state index in [9.17, 15) is 9.59 Å². The monoisotopic (exact) mass is 366 g/mol. The highest BCUT2D eigenvalue weighted by Crippen LogP contribution is 2.49. The summed E-state index contributed by atoms with van der Waals surface area (Å²) in [5.74, 6) is 0.321. The van der Waals surface area contributed by atoms with Gasteiger partial charge in [0.25, 0.3) is 0 Å². The van der Waals surface area contributed by atoms with E-state index in [4.69, 9.17) is 0 Å². The van der Waals surface area contributed by atoms with Gasteiger partial charge in [0, 0.05) is 24.7 Å². The summed E-state index contributed by atoms with van der Waals surface area (Å²) in [6.45, 7) is 2.61. The number of fused-ring (bicyclic) bond motifs is 1. The molecule has 1 unspecified atom stereocenters. The predicted octanol–water partition coefficient (Wildman–Crippen LogP) is 4.23. The molecule has 0 aromatic heterocycles. The second-order valence-electron chi connectivity index (χ2n) is 8.43. The van der Waals surface area contributed by atoms with Crippen LogP contribution in [0.25, 0.3) is 0 Å². The molecule has 2 aliphatic carbocycles. The molecule has 4 rings (SSSR count). The van der Waals surface area contributed by atoms with Gasteiger partial charge in [0.15, 0.2) is 0 Å². The van der Waals surface area contributed by atoms with Crippen LogP contribution in [-0.2, 0) is 16.1 Å². The minimum absolute atomic E-state index is 0.101. The number of hydrogen-bond donors (Lipinski definition) is 1. The smallest absolute Gasteiger partial charge is 0.232 e. The van der Waals surface area contributed by atoms with Gasteiger partial charge < -0.3 is 10.2 Å². The molecule has 0 radical (unpaired) electrons. The normalized spacial score (nSPS) is 25.9. The lowest BCUT2D eigenvalue weighted by atomic mass is 9.68. The van der Waals surface area contributed by atoms with Crippen LogP contribution in [0.1, 0.15) is 68.9 Å². The van der Waals surface area contributed by atoms with Crippen molar-refractivity contribution in [2.75, 3.05) is 0 Å². The van der Waals surface area contributed by atoms with E-state index >= 15 is 0 Å². The first-order chi connectivity index (χ1) is 13.1. The quantitative estimate of drug-likeness (QED) is 0.867. The number of likely N-dealkylation sites (tertiary alicyclic amines) is 1. The third-order valence-electron chi connectivity index (χ3n) is 6.63. The fraction of sp³-hybridized carbons (Fsp3) is 0.565. The highest BCUT2D eigenvalue weighted by molar-refractivity contribution is 5.91. The second kappa shape index (κ2) is 7.49. The van der Waals surface area contributed by atoms with Crippen LogP contribution in [0, 0.1) is 12.3 Å². The van der Waals surface area contributed by atoms with Crippen LogP contribution in [0.5, 0.6) is 0 Å². The number of allylic oxidation sites excluding steroid dienone is 1. The molecule has 1 atom stereocenters. The van der Waals surface area contributed by atoms with Crippen molar-refractivity contribution in [3.05, 3.63) is 47.2 Å². The third-order valence-corrected chi connectivity index (χ3v) is 6.63. The molecular weight excluding hydrogens is 336 g/mol. The minimum Gasteiger partial charge on any atom is -0.351 e. The average Bonchev–Trinajstić information content (AvgIpc) is 3.21. The highest BCUT2D eigenvalue weighted by atomic mass is 16.2. The summed E-state index contributed by atoms with van der Waals surface area (Å²) in [4.78, 5) is 28.2. The Morgan fingerprint density at radius 1 is 1.15 bits per heavy atom. The zero-order valence-corrected chi connectivity index (χ0v) is 16.3. The fourth-order valence-corrected chi connectivity index (χ4v) is 5.09. The number of benzene rings is 1. The third kappa shape index (κ3) is 3.42. The Labute approximate surface area is 162 Å². The number of nitrogens with zero attached hydrogens (tertiary/aromatic N) is 1. The van der Waals surface area contributed by atoms with Gasteiger partial charge in [-0.05, 0) is 51.0 Å². The summed E-state index contributed by atoms with van der Waals surface area (Å²) in [5, 5.41) is 3.19. The zero-order valence-electron chi connectivity index (χ0n) is 16.3. The van der Waals surface area contributed by atoms with Gasteiger partial charge in [-0.2, -0.15) is 0 Å². The number of carbonyl (C=O) groups is 2. The molecule has 0 spiro atoms. The van der Waals surface area contributed by atoms with Crippen LogP contribution in [0.2, 0.25) is 0 Å². The first-order valence-corrected chi connectivity index (χ1v) is 10.5. The maximum atomic E-state index is 13.4. The lowest BCUT2D eigenvalue weighted by molar-refractivity contribution is -0.142. The number of aryl methyl sites for hydroxylation is 1. The highest BCUT2D eigenvalue weighted by Gasteiger charge is 2.51. The van der Waals surface area contributed by atoms with E-state index in [0.29, 0.717) is 25.4 Å². The van der Waals surface area contributed by atoms with Gasteiger partial charge >= 0.3 is 0 Å². The molecule has 1 aromatic rings. The van der Waals surface area contributed by atoms with E-state index in [1.807, 2.05) is 4.90 Å². The fourth-order valence-electron chi connectivity index (χ4n) is 5.09. The van der Waals surface area contributed by atoms with Crippen molar-refractivity contribution in [1.82, 2.24) is 10.2 Å². The van der Waals surface area contributed by atoms with Crippen LogP contribution in [-0.4, -0.2) is 22.8 Å². The predicted molar refractivity (Wildman–Crippen MR) is 106 cm³/mol. The molecule has 4 nitrogen and oxygen atoms in total. The summed E-state index contributed by atoms with van der Waals surface area (Å²) in [6.07, 6.45) is 10.7. The van der Waals surface area contributed by atoms with Crippen LogP contribution >= 0.6 is 0 Å². The average molecular weight is 367 g/mol. The summed E-state index contributed by atoms with van der Waals surface area (Å²) in [7, 11) is 0. The van der Waals surface area contributed by atoms with Gasteiger partial charge in [-0.3, -0.25) is 9.59 Å². The molecule has 1 aliphatic heterocycles. The van der Waals surface area contributed by atoms with Crippen molar-refractivity contribution in [2.24, 2.45) is 5.41 Å². The van der Waals surface area contributed by atoms with Crippen molar-refractivity contribution in [3.8, 4) is 0 Å². The van der Waals surface area contributed by atoms with Crippen LogP contribution < -0.4 is 5.32 Å². The van der Waals surface area contributed by atoms with Crippen molar-refractivity contribution in [3.63, 3.8) is 0 Å². The Morgan fingerprint density at radius 3 is 2.63 bits per heavy atom. The Balaban J connectivity index is 1.55. The van der Waals surface area contributed by atoms with Crippen LogP contribution in [0.15, 0.2) is 36.0 Å². The van der Waals surface area contributed by atoms with Crippen molar-refractivity contribution < 1.29 is 9.59 Å². The number of carbonyl (C=O) groups excluding carboxylic acids is 2. The van der Waals surface area contributed by atoms with Gasteiger partial charge in [-0.25, -0.2) is 0 Å². The second-order valence-corrected chi connectivity index (χ2v) is 8.43. The van der Waals surface area contributed by atoms with Gasteiger partial charge in [-0.1, -0.05) is 48.7 Å². The first kappa shape index (κ1) is 18.3. The number of amides is 2.